The first-order chi connectivity index (χ1) is 13.7. The number of hydrogen-bond acceptors (Lipinski definition) is 5. The van der Waals surface area contributed by atoms with Crippen LogP contribution in [0.25, 0.3) is 0 Å². The molecule has 1 saturated heterocycles. The maximum Gasteiger partial charge on any atom is 0.274 e. The third-order valence-electron chi connectivity index (χ3n) is 6.65. The lowest BCUT2D eigenvalue weighted by atomic mass is 9.76. The van der Waals surface area contributed by atoms with Crippen LogP contribution in [0, 0.1) is 5.92 Å². The Labute approximate surface area is 163 Å². The highest BCUT2D eigenvalue weighted by molar-refractivity contribution is 5.92. The highest BCUT2D eigenvalue weighted by Crippen LogP contribution is 2.44. The zero-order chi connectivity index (χ0) is 19.1. The Kier molecular flexibility index (Phi) is 4.14. The summed E-state index contributed by atoms with van der Waals surface area (Å²) in [5.74, 6) is 0.336. The van der Waals surface area contributed by atoms with Gasteiger partial charge in [0.2, 0.25) is 5.91 Å². The molecular weight excluding hydrogens is 356 g/mol. The van der Waals surface area contributed by atoms with Gasteiger partial charge in [0, 0.05) is 43.9 Å². The summed E-state index contributed by atoms with van der Waals surface area (Å²) < 4.78 is 0. The molecule has 3 aliphatic rings. The number of carbonyl (C=O) groups excluding carboxylic acids is 2. The number of H-pyrrole nitrogens is 1. The molecule has 2 aliphatic heterocycles. The number of carbonyl (C=O) groups is 2. The second-order valence-electron chi connectivity index (χ2n) is 8.03. The Balaban J connectivity index is 1.41. The second-order valence-corrected chi connectivity index (χ2v) is 8.03. The van der Waals surface area contributed by atoms with E-state index >= 15 is 0 Å². The molecule has 0 unspecified atom stereocenters. The summed E-state index contributed by atoms with van der Waals surface area (Å²) >= 11 is 0. The molecule has 1 aliphatic carbocycles. The van der Waals surface area contributed by atoms with Crippen molar-refractivity contribution in [1.29, 1.82) is 0 Å². The summed E-state index contributed by atoms with van der Waals surface area (Å²) in [6, 6.07) is 3.42. The van der Waals surface area contributed by atoms with Gasteiger partial charge in [-0.2, -0.15) is 5.10 Å². The molecule has 0 radical (unpaired) electrons. The van der Waals surface area contributed by atoms with Crippen molar-refractivity contribution in [3.8, 4) is 0 Å². The van der Waals surface area contributed by atoms with Crippen LogP contribution in [-0.2, 0) is 16.8 Å². The minimum absolute atomic E-state index is 0.0992. The van der Waals surface area contributed by atoms with Crippen molar-refractivity contribution in [2.45, 2.75) is 44.1 Å². The number of aromatic amines is 1. The predicted molar refractivity (Wildman–Crippen MR) is 100 cm³/mol. The summed E-state index contributed by atoms with van der Waals surface area (Å²) in [5, 5.41) is 7.76. The van der Waals surface area contributed by atoms with E-state index in [1.54, 1.807) is 24.7 Å². The van der Waals surface area contributed by atoms with E-state index < -0.39 is 5.54 Å². The van der Waals surface area contributed by atoms with Gasteiger partial charge in [-0.05, 0) is 37.8 Å². The molecule has 4 heterocycles. The Morgan fingerprint density at radius 2 is 2.00 bits per heavy atom. The van der Waals surface area contributed by atoms with Gasteiger partial charge in [-0.15, -0.1) is 5.10 Å². The molecule has 2 fully saturated rings. The number of nitrogens with one attached hydrogen (secondary N) is 1. The fourth-order valence-electron chi connectivity index (χ4n) is 4.84. The third-order valence-corrected chi connectivity index (χ3v) is 6.65. The topological polar surface area (TPSA) is 95.1 Å². The van der Waals surface area contributed by atoms with Crippen molar-refractivity contribution in [3.05, 3.63) is 41.7 Å². The summed E-state index contributed by atoms with van der Waals surface area (Å²) in [7, 11) is 0. The van der Waals surface area contributed by atoms with E-state index in [0.29, 0.717) is 31.6 Å². The number of rotatable bonds is 2. The lowest BCUT2D eigenvalue weighted by Gasteiger charge is -2.51. The first-order valence-corrected chi connectivity index (χ1v) is 10.1. The molecule has 2 amide bonds. The van der Waals surface area contributed by atoms with E-state index in [1.165, 1.54) is 0 Å². The smallest absolute Gasteiger partial charge is 0.274 e. The largest absolute Gasteiger partial charge is 0.348 e. The van der Waals surface area contributed by atoms with Crippen LogP contribution in [0.5, 0.6) is 0 Å². The summed E-state index contributed by atoms with van der Waals surface area (Å²) in [4.78, 5) is 37.8. The molecular formula is C20H24N6O2. The maximum atomic E-state index is 13.2. The maximum absolute atomic E-state index is 13.2. The lowest BCUT2D eigenvalue weighted by Crippen LogP contribution is -2.60. The number of likely N-dealkylation sites (tertiary alicyclic amines) is 1. The number of fused-ring (bicyclic) bond motifs is 2. The van der Waals surface area contributed by atoms with E-state index in [1.807, 2.05) is 4.90 Å². The molecule has 2 aromatic rings. The Bertz CT molecular complexity index is 883. The SMILES string of the molecule is O=C(c1cccnn1)N1CCC2(CC1)c1nc[nH]c1CCN2C(=O)C1CCC1. The molecule has 1 N–H and O–H groups in total. The molecule has 8 heteroatoms. The van der Waals surface area contributed by atoms with Gasteiger partial charge in [-0.3, -0.25) is 9.59 Å². The van der Waals surface area contributed by atoms with Gasteiger partial charge < -0.3 is 14.8 Å². The minimum atomic E-state index is -0.403. The highest BCUT2D eigenvalue weighted by atomic mass is 16.2. The predicted octanol–water partition coefficient (Wildman–Crippen LogP) is 1.52. The molecule has 0 aromatic carbocycles. The fourth-order valence-corrected chi connectivity index (χ4v) is 4.84. The molecule has 8 nitrogen and oxygen atoms in total. The van der Waals surface area contributed by atoms with E-state index in [9.17, 15) is 9.59 Å². The highest BCUT2D eigenvalue weighted by Gasteiger charge is 2.50. The van der Waals surface area contributed by atoms with Gasteiger partial charge in [0.05, 0.1) is 17.6 Å². The molecule has 28 heavy (non-hydrogen) atoms. The van der Waals surface area contributed by atoms with Crippen LogP contribution in [0.3, 0.4) is 0 Å². The van der Waals surface area contributed by atoms with Gasteiger partial charge >= 0.3 is 0 Å². The van der Waals surface area contributed by atoms with Gasteiger partial charge in [-0.25, -0.2) is 4.98 Å². The fraction of sp³-hybridized carbons (Fsp3) is 0.550. The second kappa shape index (κ2) is 6.68. The molecule has 1 saturated carbocycles. The molecule has 5 rings (SSSR count). The minimum Gasteiger partial charge on any atom is -0.348 e. The average Bonchev–Trinajstić information content (AvgIpc) is 3.18. The van der Waals surface area contributed by atoms with Gasteiger partial charge in [0.25, 0.3) is 5.91 Å². The first-order valence-electron chi connectivity index (χ1n) is 10.1. The average molecular weight is 380 g/mol. The van der Waals surface area contributed by atoms with Crippen molar-refractivity contribution in [1.82, 2.24) is 30.0 Å². The van der Waals surface area contributed by atoms with E-state index in [2.05, 4.69) is 25.1 Å². The van der Waals surface area contributed by atoms with Crippen LogP contribution in [-0.4, -0.2) is 61.4 Å². The Morgan fingerprint density at radius 3 is 2.68 bits per heavy atom. The number of hydrogen-bond donors (Lipinski definition) is 1. The summed E-state index contributed by atoms with van der Waals surface area (Å²) in [6.45, 7) is 1.88. The van der Waals surface area contributed by atoms with Gasteiger partial charge in [0.15, 0.2) is 5.69 Å². The van der Waals surface area contributed by atoms with Crippen LogP contribution in [0.2, 0.25) is 0 Å². The van der Waals surface area contributed by atoms with Crippen LogP contribution < -0.4 is 0 Å². The quantitative estimate of drug-likeness (QED) is 0.852. The normalized spacial score (nSPS) is 21.3. The first kappa shape index (κ1) is 17.3. The van der Waals surface area contributed by atoms with Gasteiger partial charge in [-0.1, -0.05) is 6.42 Å². The lowest BCUT2D eigenvalue weighted by molar-refractivity contribution is -0.148. The van der Waals surface area contributed by atoms with Crippen LogP contribution >= 0.6 is 0 Å². The molecule has 2 aromatic heterocycles. The Hall–Kier alpha value is -2.77. The van der Waals surface area contributed by atoms with Crippen molar-refractivity contribution in [3.63, 3.8) is 0 Å². The van der Waals surface area contributed by atoms with E-state index in [4.69, 9.17) is 0 Å². The number of amides is 2. The standard InChI is InChI=1S/C20H24N6O2/c27-18(14-3-1-4-14)26-10-6-15-17(22-13-21-15)20(26)7-11-25(12-8-20)19(28)16-5-2-9-23-24-16/h2,5,9,13-14H,1,3-4,6-8,10-12H2,(H,21,22). The molecule has 1 spiro atoms. The number of imidazole rings is 1. The molecule has 0 atom stereocenters. The van der Waals surface area contributed by atoms with Crippen LogP contribution in [0.1, 0.15) is 54.0 Å². The van der Waals surface area contributed by atoms with Crippen molar-refractivity contribution in [2.24, 2.45) is 5.92 Å². The monoisotopic (exact) mass is 380 g/mol. The van der Waals surface area contributed by atoms with E-state index in [0.717, 1.165) is 43.6 Å². The number of piperidine rings is 1. The summed E-state index contributed by atoms with van der Waals surface area (Å²) in [6.07, 6.45) is 8.66. The number of aromatic nitrogens is 4. The number of nitrogens with zero attached hydrogens (tertiary/aromatic N) is 5. The van der Waals surface area contributed by atoms with Crippen LogP contribution in [0.15, 0.2) is 24.7 Å². The van der Waals surface area contributed by atoms with Crippen molar-refractivity contribution >= 4 is 11.8 Å². The van der Waals surface area contributed by atoms with E-state index in [-0.39, 0.29) is 17.7 Å². The van der Waals surface area contributed by atoms with Gasteiger partial charge in [0.1, 0.15) is 0 Å². The van der Waals surface area contributed by atoms with Crippen molar-refractivity contribution in [2.75, 3.05) is 19.6 Å². The summed E-state index contributed by atoms with van der Waals surface area (Å²) in [5.41, 5.74) is 2.09. The van der Waals surface area contributed by atoms with Crippen molar-refractivity contribution < 1.29 is 9.59 Å². The third kappa shape index (κ3) is 2.62. The molecule has 0 bridgehead atoms. The zero-order valence-electron chi connectivity index (χ0n) is 15.8. The molecule has 146 valence electrons. The zero-order valence-corrected chi connectivity index (χ0v) is 15.8. The Morgan fingerprint density at radius 1 is 1.18 bits per heavy atom. The van der Waals surface area contributed by atoms with Crippen LogP contribution in [0.4, 0.5) is 0 Å².